The Balaban J connectivity index is 0.00000338. The highest BCUT2D eigenvalue weighted by Gasteiger charge is 2.22. The van der Waals surface area contributed by atoms with Crippen LogP contribution in [-0.2, 0) is 24.3 Å². The van der Waals surface area contributed by atoms with Crippen LogP contribution in [0.2, 0.25) is 0 Å². The normalized spacial score (nSPS) is 17.0. The van der Waals surface area contributed by atoms with Crippen LogP contribution in [-0.4, -0.2) is 72.0 Å². The Kier molecular flexibility index (Phi) is 11.1. The molecule has 2 N–H and O–H groups in total. The molecule has 0 amide bonds. The predicted molar refractivity (Wildman–Crippen MR) is 115 cm³/mol. The zero-order chi connectivity index (χ0) is 18.1. The van der Waals surface area contributed by atoms with Gasteiger partial charge in [-0.2, -0.15) is 5.10 Å². The molecule has 2 rings (SSSR count). The average molecular weight is 479 g/mol. The summed E-state index contributed by atoms with van der Waals surface area (Å²) in [5.41, 5.74) is 0. The number of hydrogen-bond donors (Lipinski definition) is 2. The number of aromatic nitrogens is 3. The van der Waals surface area contributed by atoms with Crippen LogP contribution in [0.1, 0.15) is 38.3 Å². The van der Waals surface area contributed by atoms with Crippen molar-refractivity contribution in [1.82, 2.24) is 30.3 Å². The summed E-state index contributed by atoms with van der Waals surface area (Å²) in [5.74, 6) is 2.68. The maximum atomic E-state index is 5.12. The molecule has 0 spiro atoms. The Hall–Kier alpha value is -0.940. The van der Waals surface area contributed by atoms with Gasteiger partial charge in [-0.3, -0.25) is 4.99 Å². The van der Waals surface area contributed by atoms with Crippen molar-refractivity contribution in [1.29, 1.82) is 0 Å². The summed E-state index contributed by atoms with van der Waals surface area (Å²) < 4.78 is 7.10. The molecule has 8 nitrogen and oxygen atoms in total. The van der Waals surface area contributed by atoms with Crippen molar-refractivity contribution in [3.63, 3.8) is 0 Å². The van der Waals surface area contributed by atoms with Crippen molar-refractivity contribution in [3.05, 3.63) is 11.6 Å². The molecule has 150 valence electrons. The minimum absolute atomic E-state index is 0. The number of rotatable bonds is 9. The summed E-state index contributed by atoms with van der Waals surface area (Å²) in [7, 11) is 3.49. The lowest BCUT2D eigenvalue weighted by Gasteiger charge is -2.25. The number of aliphatic imine (C=N–C) groups is 1. The fourth-order valence-corrected chi connectivity index (χ4v) is 3.11. The number of aryl methyl sites for hydroxylation is 1. The lowest BCUT2D eigenvalue weighted by Crippen LogP contribution is -2.47. The number of methoxy groups -OCH3 is 1. The van der Waals surface area contributed by atoms with Crippen LogP contribution in [0, 0.1) is 0 Å². The fraction of sp³-hybridized carbons (Fsp3) is 0.824. The van der Waals surface area contributed by atoms with Gasteiger partial charge in [0, 0.05) is 33.2 Å². The van der Waals surface area contributed by atoms with Crippen molar-refractivity contribution in [3.8, 4) is 0 Å². The van der Waals surface area contributed by atoms with Crippen LogP contribution >= 0.6 is 24.0 Å². The first-order valence-electron chi connectivity index (χ1n) is 9.31. The summed E-state index contributed by atoms with van der Waals surface area (Å²) >= 11 is 0. The third-order valence-corrected chi connectivity index (χ3v) is 4.58. The Morgan fingerprint density at radius 3 is 2.81 bits per heavy atom. The number of guanidine groups is 1. The monoisotopic (exact) mass is 479 g/mol. The fourth-order valence-electron chi connectivity index (χ4n) is 3.11. The number of hydrogen-bond acceptors (Lipinski definition) is 5. The van der Waals surface area contributed by atoms with E-state index in [2.05, 4.69) is 44.5 Å². The Morgan fingerprint density at radius 1 is 1.38 bits per heavy atom. The van der Waals surface area contributed by atoms with Crippen LogP contribution < -0.4 is 10.6 Å². The molecule has 1 aromatic rings. The lowest BCUT2D eigenvalue weighted by molar-refractivity contribution is 0.177. The Bertz CT molecular complexity index is 545. The van der Waals surface area contributed by atoms with E-state index in [0.717, 1.165) is 69.6 Å². The first kappa shape index (κ1) is 23.1. The van der Waals surface area contributed by atoms with Crippen molar-refractivity contribution in [2.75, 3.05) is 40.3 Å². The third-order valence-electron chi connectivity index (χ3n) is 4.58. The number of nitrogens with zero attached hydrogens (tertiary/aromatic N) is 5. The molecule has 0 fully saturated rings. The number of nitrogens with one attached hydrogen (secondary N) is 2. The molecule has 9 heteroatoms. The van der Waals surface area contributed by atoms with Crippen molar-refractivity contribution < 1.29 is 4.74 Å². The summed E-state index contributed by atoms with van der Waals surface area (Å²) in [4.78, 5) is 11.3. The van der Waals surface area contributed by atoms with Gasteiger partial charge in [-0.05, 0) is 32.5 Å². The van der Waals surface area contributed by atoms with E-state index in [1.165, 1.54) is 0 Å². The average Bonchev–Trinajstić information content (AvgIpc) is 3.02. The van der Waals surface area contributed by atoms with E-state index in [0.29, 0.717) is 12.6 Å². The van der Waals surface area contributed by atoms with Crippen LogP contribution in [0.3, 0.4) is 0 Å². The maximum absolute atomic E-state index is 5.12. The smallest absolute Gasteiger partial charge is 0.191 e. The number of halogens is 1. The zero-order valence-corrected chi connectivity index (χ0v) is 18.8. The Labute approximate surface area is 174 Å². The molecule has 0 aromatic carbocycles. The van der Waals surface area contributed by atoms with Gasteiger partial charge in [0.1, 0.15) is 12.4 Å². The molecule has 1 atom stereocenters. The molecule has 0 saturated carbocycles. The van der Waals surface area contributed by atoms with Crippen molar-refractivity contribution >= 4 is 29.9 Å². The molecule has 26 heavy (non-hydrogen) atoms. The molecule has 1 aromatic heterocycles. The first-order valence-corrected chi connectivity index (χ1v) is 9.31. The molecule has 0 bridgehead atoms. The van der Waals surface area contributed by atoms with Gasteiger partial charge in [0.25, 0.3) is 0 Å². The van der Waals surface area contributed by atoms with Gasteiger partial charge < -0.3 is 20.3 Å². The van der Waals surface area contributed by atoms with E-state index in [1.807, 2.05) is 11.7 Å². The third kappa shape index (κ3) is 6.99. The highest BCUT2D eigenvalue weighted by atomic mass is 127. The van der Waals surface area contributed by atoms with Crippen LogP contribution in [0.15, 0.2) is 4.99 Å². The van der Waals surface area contributed by atoms with Gasteiger partial charge in [0.05, 0.1) is 6.54 Å². The molecule has 1 unspecified atom stereocenters. The molecule has 0 saturated heterocycles. The summed E-state index contributed by atoms with van der Waals surface area (Å²) in [5, 5.41) is 11.4. The minimum Gasteiger partial charge on any atom is -0.377 e. The van der Waals surface area contributed by atoms with E-state index in [-0.39, 0.29) is 24.0 Å². The maximum Gasteiger partial charge on any atom is 0.191 e. The minimum atomic E-state index is 0. The number of ether oxygens (including phenoxy) is 1. The molecule has 1 aliphatic heterocycles. The molecule has 1 aliphatic rings. The summed E-state index contributed by atoms with van der Waals surface area (Å²) in [6.07, 6.45) is 3.07. The van der Waals surface area contributed by atoms with Gasteiger partial charge in [-0.1, -0.05) is 13.8 Å². The van der Waals surface area contributed by atoms with Crippen LogP contribution in [0.5, 0.6) is 0 Å². The quantitative estimate of drug-likeness (QED) is 0.240. The van der Waals surface area contributed by atoms with Gasteiger partial charge in [0.15, 0.2) is 11.8 Å². The second-order valence-electron chi connectivity index (χ2n) is 6.32. The van der Waals surface area contributed by atoms with Gasteiger partial charge in [-0.25, -0.2) is 9.67 Å². The van der Waals surface area contributed by atoms with Crippen molar-refractivity contribution in [2.24, 2.45) is 4.99 Å². The largest absolute Gasteiger partial charge is 0.377 e. The van der Waals surface area contributed by atoms with Crippen molar-refractivity contribution in [2.45, 2.75) is 52.3 Å². The SMILES string of the molecule is CCN(CC)CCCNC(=NC)NC1CCc2nc(COC)nn2C1.I. The highest BCUT2D eigenvalue weighted by Crippen LogP contribution is 2.13. The standard InChI is InChI=1S/C17H33N7O.HI/c1-5-23(6-2)11-7-10-19-17(18-3)20-14-8-9-16-21-15(13-25-4)22-24(16)12-14;/h14H,5-13H2,1-4H3,(H2,18,19,20);1H. The van der Waals surface area contributed by atoms with Gasteiger partial charge >= 0.3 is 0 Å². The molecular formula is C17H34IN7O. The second kappa shape index (κ2) is 12.4. The topological polar surface area (TPSA) is 79.6 Å². The molecule has 0 radical (unpaired) electrons. The molecule has 0 aliphatic carbocycles. The van der Waals surface area contributed by atoms with E-state index < -0.39 is 0 Å². The summed E-state index contributed by atoms with van der Waals surface area (Å²) in [6, 6.07) is 0.318. The Morgan fingerprint density at radius 2 is 2.15 bits per heavy atom. The van der Waals surface area contributed by atoms with Gasteiger partial charge in [0.2, 0.25) is 0 Å². The summed E-state index contributed by atoms with van der Waals surface area (Å²) in [6.45, 7) is 9.95. The van der Waals surface area contributed by atoms with E-state index in [1.54, 1.807) is 7.11 Å². The highest BCUT2D eigenvalue weighted by molar-refractivity contribution is 14.0. The predicted octanol–water partition coefficient (Wildman–Crippen LogP) is 1.25. The number of fused-ring (bicyclic) bond motifs is 1. The second-order valence-corrected chi connectivity index (χ2v) is 6.32. The van der Waals surface area contributed by atoms with Crippen LogP contribution in [0.25, 0.3) is 0 Å². The van der Waals surface area contributed by atoms with Crippen LogP contribution in [0.4, 0.5) is 0 Å². The van der Waals surface area contributed by atoms with Gasteiger partial charge in [-0.15, -0.1) is 24.0 Å². The van der Waals surface area contributed by atoms with E-state index in [9.17, 15) is 0 Å². The van der Waals surface area contributed by atoms with E-state index >= 15 is 0 Å². The van der Waals surface area contributed by atoms with E-state index in [4.69, 9.17) is 4.74 Å². The lowest BCUT2D eigenvalue weighted by atomic mass is 10.1. The first-order chi connectivity index (χ1) is 12.2. The molecule has 2 heterocycles. The zero-order valence-electron chi connectivity index (χ0n) is 16.5. The molecular weight excluding hydrogens is 445 g/mol.